The molecule has 0 aromatic heterocycles. The first-order valence-electron chi connectivity index (χ1n) is 10.1. The first-order chi connectivity index (χ1) is 13.5. The maximum Gasteiger partial charge on any atom is 0.120 e. The van der Waals surface area contributed by atoms with Gasteiger partial charge >= 0.3 is 0 Å². The summed E-state index contributed by atoms with van der Waals surface area (Å²) in [6.07, 6.45) is 5.35. The molecule has 0 aliphatic carbocycles. The fourth-order valence-electron chi connectivity index (χ4n) is 4.52. The van der Waals surface area contributed by atoms with Gasteiger partial charge in [0.1, 0.15) is 11.6 Å². The van der Waals surface area contributed by atoms with Crippen molar-refractivity contribution < 1.29 is 5.11 Å². The Kier molecular flexibility index (Phi) is 5.54. The topological polar surface area (TPSA) is 83.2 Å². The quantitative estimate of drug-likeness (QED) is 0.450. The molecule has 5 nitrogen and oxygen atoms in total. The van der Waals surface area contributed by atoms with E-state index in [0.29, 0.717) is 11.5 Å². The van der Waals surface area contributed by atoms with Crippen molar-refractivity contribution in [2.24, 2.45) is 0 Å². The van der Waals surface area contributed by atoms with E-state index >= 15 is 0 Å². The first kappa shape index (κ1) is 21.1. The molecular weight excluding hydrogens is 360 g/mol. The summed E-state index contributed by atoms with van der Waals surface area (Å²) in [6.45, 7) is 8.85. The molecule has 1 fully saturated rings. The van der Waals surface area contributed by atoms with Gasteiger partial charge in [0.05, 0.1) is 5.71 Å². The molecule has 1 heterocycles. The molecule has 29 heavy (non-hydrogen) atoms. The molecule has 2 aromatic rings. The molecule has 5 heteroatoms. The molecule has 0 radical (unpaired) electrons. The Bertz CT molecular complexity index is 958. The number of aromatic hydroxyl groups is 1. The first-order valence-corrected chi connectivity index (χ1v) is 10.1. The van der Waals surface area contributed by atoms with Gasteiger partial charge in [0.25, 0.3) is 0 Å². The minimum absolute atomic E-state index is 0.0247. The number of hydrogen-bond acceptors (Lipinski definition) is 4. The van der Waals surface area contributed by atoms with E-state index in [1.165, 1.54) is 0 Å². The Balaban J connectivity index is 1.71. The van der Waals surface area contributed by atoms with Crippen LogP contribution in [0, 0.1) is 10.8 Å². The van der Waals surface area contributed by atoms with Gasteiger partial charge in [0, 0.05) is 29.7 Å². The average Bonchev–Trinajstić information content (AvgIpc) is 2.62. The van der Waals surface area contributed by atoms with Crippen LogP contribution in [0.1, 0.15) is 46.1 Å². The molecule has 0 spiro atoms. The van der Waals surface area contributed by atoms with Crippen LogP contribution in [0.2, 0.25) is 0 Å². The number of phenolic OH excluding ortho intramolecular Hbond substituents is 1. The summed E-state index contributed by atoms with van der Waals surface area (Å²) in [4.78, 5) is 2.03. The van der Waals surface area contributed by atoms with Crippen LogP contribution < -0.4 is 5.32 Å². The van der Waals surface area contributed by atoms with Crippen molar-refractivity contribution in [1.29, 1.82) is 10.8 Å². The predicted octanol–water partition coefficient (Wildman–Crippen LogP) is 4.69. The van der Waals surface area contributed by atoms with Crippen LogP contribution in [0.3, 0.4) is 0 Å². The van der Waals surface area contributed by atoms with Crippen LogP contribution in [-0.2, 0) is 0 Å². The fourth-order valence-corrected chi connectivity index (χ4v) is 4.52. The Morgan fingerprint density at radius 2 is 1.59 bits per heavy atom. The third-order valence-electron chi connectivity index (χ3n) is 5.64. The normalized spacial score (nSPS) is 18.8. The molecule has 1 saturated heterocycles. The number of phenols is 1. The molecule has 0 unspecified atom stereocenters. The summed E-state index contributed by atoms with van der Waals surface area (Å²) >= 11 is 0. The van der Waals surface area contributed by atoms with Crippen LogP contribution >= 0.6 is 0 Å². The number of likely N-dealkylation sites (N-methyl/N-ethyl adjacent to an activating group) is 1. The number of rotatable bonds is 4. The van der Waals surface area contributed by atoms with Crippen LogP contribution in [-0.4, -0.2) is 45.7 Å². The average molecular weight is 393 g/mol. The third-order valence-corrected chi connectivity index (χ3v) is 5.64. The zero-order chi connectivity index (χ0) is 21.4. The molecule has 154 valence electrons. The zero-order valence-electron chi connectivity index (χ0n) is 18.0. The molecule has 0 amide bonds. The van der Waals surface area contributed by atoms with Gasteiger partial charge in [-0.15, -0.1) is 0 Å². The van der Waals surface area contributed by atoms with Gasteiger partial charge in [-0.1, -0.05) is 18.2 Å². The molecular formula is C24H32N4O. The maximum absolute atomic E-state index is 9.59. The SMILES string of the molecule is CN(C(=N)/C=C\C(=N)c1ccc2cc(O)ccc2c1)C1CC(C)(C)NC(C)(C)C1. The molecule has 4 N–H and O–H groups in total. The van der Waals surface area contributed by atoms with E-state index in [4.69, 9.17) is 10.8 Å². The van der Waals surface area contributed by atoms with Crippen LogP contribution in [0.4, 0.5) is 0 Å². The molecule has 1 aliphatic rings. The number of allylic oxidation sites excluding steroid dienone is 1. The summed E-state index contributed by atoms with van der Waals surface area (Å²) in [7, 11) is 1.97. The number of fused-ring (bicyclic) bond motifs is 1. The van der Waals surface area contributed by atoms with Gasteiger partial charge in [0.15, 0.2) is 0 Å². The Morgan fingerprint density at radius 1 is 1.00 bits per heavy atom. The maximum atomic E-state index is 9.59. The van der Waals surface area contributed by atoms with Crippen molar-refractivity contribution in [3.05, 3.63) is 54.1 Å². The van der Waals surface area contributed by atoms with Crippen LogP contribution in [0.25, 0.3) is 10.8 Å². The van der Waals surface area contributed by atoms with E-state index in [9.17, 15) is 5.11 Å². The second kappa shape index (κ2) is 7.64. The van der Waals surface area contributed by atoms with Crippen molar-refractivity contribution >= 4 is 22.3 Å². The van der Waals surface area contributed by atoms with E-state index < -0.39 is 0 Å². The van der Waals surface area contributed by atoms with Gasteiger partial charge in [-0.2, -0.15) is 0 Å². The number of nitrogens with zero attached hydrogens (tertiary/aromatic N) is 1. The zero-order valence-corrected chi connectivity index (χ0v) is 18.0. The highest BCUT2D eigenvalue weighted by molar-refractivity contribution is 6.11. The lowest BCUT2D eigenvalue weighted by Crippen LogP contribution is -2.62. The van der Waals surface area contributed by atoms with E-state index in [0.717, 1.165) is 29.2 Å². The Morgan fingerprint density at radius 3 is 2.24 bits per heavy atom. The lowest BCUT2D eigenvalue weighted by atomic mass is 9.79. The van der Waals surface area contributed by atoms with Crippen molar-refractivity contribution in [2.75, 3.05) is 7.05 Å². The number of piperidine rings is 1. The summed E-state index contributed by atoms with van der Waals surface area (Å²) < 4.78 is 0. The van der Waals surface area contributed by atoms with E-state index in [1.54, 1.807) is 24.3 Å². The summed E-state index contributed by atoms with van der Waals surface area (Å²) in [5.74, 6) is 0.653. The molecule has 0 saturated carbocycles. The summed E-state index contributed by atoms with van der Waals surface area (Å²) in [5, 5.41) is 32.1. The largest absolute Gasteiger partial charge is 0.508 e. The molecule has 2 aromatic carbocycles. The predicted molar refractivity (Wildman–Crippen MR) is 121 cm³/mol. The van der Waals surface area contributed by atoms with Crippen LogP contribution in [0.5, 0.6) is 5.75 Å². The van der Waals surface area contributed by atoms with Gasteiger partial charge in [0.2, 0.25) is 0 Å². The number of nitrogens with one attached hydrogen (secondary N) is 3. The Hall–Kier alpha value is -2.66. The molecule has 0 bridgehead atoms. The lowest BCUT2D eigenvalue weighted by Gasteiger charge is -2.49. The molecule has 1 aliphatic heterocycles. The minimum Gasteiger partial charge on any atom is -0.508 e. The number of amidine groups is 1. The highest BCUT2D eigenvalue weighted by Crippen LogP contribution is 2.31. The number of benzene rings is 2. The van der Waals surface area contributed by atoms with Crippen molar-refractivity contribution in [3.8, 4) is 5.75 Å². The van der Waals surface area contributed by atoms with Gasteiger partial charge in [-0.3, -0.25) is 5.41 Å². The summed E-state index contributed by atoms with van der Waals surface area (Å²) in [6, 6.07) is 11.2. The highest BCUT2D eigenvalue weighted by Gasteiger charge is 2.39. The summed E-state index contributed by atoms with van der Waals surface area (Å²) in [5.41, 5.74) is 1.21. The van der Waals surface area contributed by atoms with Gasteiger partial charge in [-0.25, -0.2) is 0 Å². The van der Waals surface area contributed by atoms with Crippen LogP contribution in [0.15, 0.2) is 48.6 Å². The standard InChI is InChI=1S/C24H32N4O/c1-23(2)14-19(15-24(3,4)27-23)28(5)22(26)11-10-21(25)18-7-6-17-13-20(29)9-8-16(17)12-18/h6-13,19,25-27,29H,14-15H2,1-5H3/b11-10-,25-21?,26-22?. The van der Waals surface area contributed by atoms with E-state index in [1.807, 2.05) is 36.2 Å². The van der Waals surface area contributed by atoms with Crippen molar-refractivity contribution in [3.63, 3.8) is 0 Å². The number of hydrogen-bond donors (Lipinski definition) is 4. The molecule has 3 rings (SSSR count). The highest BCUT2D eigenvalue weighted by atomic mass is 16.3. The minimum atomic E-state index is 0.0247. The van der Waals surface area contributed by atoms with Gasteiger partial charge < -0.3 is 20.7 Å². The van der Waals surface area contributed by atoms with Crippen molar-refractivity contribution in [2.45, 2.75) is 57.7 Å². The third kappa shape index (κ3) is 5.04. The molecule has 0 atom stereocenters. The smallest absolute Gasteiger partial charge is 0.120 e. The van der Waals surface area contributed by atoms with Crippen molar-refractivity contribution in [1.82, 2.24) is 10.2 Å². The lowest BCUT2D eigenvalue weighted by molar-refractivity contribution is 0.114. The monoisotopic (exact) mass is 392 g/mol. The van der Waals surface area contributed by atoms with E-state index in [2.05, 4.69) is 33.0 Å². The van der Waals surface area contributed by atoms with Gasteiger partial charge in [-0.05, 0) is 81.7 Å². The second-order valence-electron chi connectivity index (χ2n) is 9.44. The fraction of sp³-hybridized carbons (Fsp3) is 0.417. The Labute approximate surface area is 173 Å². The second-order valence-corrected chi connectivity index (χ2v) is 9.44. The van der Waals surface area contributed by atoms with E-state index in [-0.39, 0.29) is 22.9 Å².